The number of thioether (sulfide) groups is 4. The molecule has 0 saturated heterocycles. The van der Waals surface area contributed by atoms with Crippen LogP contribution in [-0.2, 0) is 4.43 Å². The summed E-state index contributed by atoms with van der Waals surface area (Å²) in [6, 6.07) is 44.3. The SMILES string of the molecule is C=C(O[Si](C)(C)C(C)(C)C)c1cc(-c2ccc(SC(=O)N(CC)CC)cc2)cc(-c2ccc(SC(=O)N(CC)CC)cc2)c1.CCN(CC)C(=O)Sc1ccc(-c2cc(C(C)=O)cc(-c3ccc(SC(=O)N(CC)CC)cc3)c2)cc1. The van der Waals surface area contributed by atoms with Gasteiger partial charge >= 0.3 is 0 Å². The van der Waals surface area contributed by atoms with Crippen molar-refractivity contribution in [1.82, 2.24) is 19.6 Å². The lowest BCUT2D eigenvalue weighted by atomic mass is 9.95. The highest BCUT2D eigenvalue weighted by molar-refractivity contribution is 8.14. The van der Waals surface area contributed by atoms with Gasteiger partial charge in [0.1, 0.15) is 5.76 Å². The molecule has 0 N–H and O–H groups in total. The van der Waals surface area contributed by atoms with E-state index in [0.29, 0.717) is 63.7 Å². The summed E-state index contributed by atoms with van der Waals surface area (Å²) in [6.45, 7) is 38.5. The molecule has 430 valence electrons. The van der Waals surface area contributed by atoms with Crippen LogP contribution in [0.5, 0.6) is 0 Å². The Bertz CT molecular complexity index is 2920. The van der Waals surface area contributed by atoms with E-state index in [2.05, 4.69) is 89.0 Å². The Morgan fingerprint density at radius 2 is 0.617 bits per heavy atom. The Balaban J connectivity index is 0.000000302. The summed E-state index contributed by atoms with van der Waals surface area (Å²) in [6.07, 6.45) is 0. The van der Waals surface area contributed by atoms with E-state index >= 15 is 0 Å². The highest BCUT2D eigenvalue weighted by atomic mass is 32.2. The minimum absolute atomic E-state index is 0.00269. The Morgan fingerprint density at radius 3 is 0.815 bits per heavy atom. The largest absolute Gasteiger partial charge is 0.543 e. The summed E-state index contributed by atoms with van der Waals surface area (Å²) in [5.41, 5.74) is 9.56. The molecule has 6 aromatic rings. The summed E-state index contributed by atoms with van der Waals surface area (Å²) in [7, 11) is -2.10. The Labute approximate surface area is 501 Å². The molecule has 0 aliphatic rings. The van der Waals surface area contributed by atoms with Crippen LogP contribution in [0.1, 0.15) is 99.0 Å². The zero-order chi connectivity index (χ0) is 59.6. The molecule has 0 radical (unpaired) electrons. The van der Waals surface area contributed by atoms with Crippen LogP contribution in [0.3, 0.4) is 0 Å². The second-order valence-corrected chi connectivity index (χ2v) is 29.5. The quantitative estimate of drug-likeness (QED) is 0.0317. The Morgan fingerprint density at radius 1 is 0.395 bits per heavy atom. The molecule has 0 saturated carbocycles. The number of Topliss-reactive ketones (excluding diaryl/α,β-unsaturated/α-hetero) is 1. The molecule has 0 aromatic heterocycles. The third kappa shape index (κ3) is 18.5. The van der Waals surface area contributed by atoms with E-state index in [1.807, 2.05) is 150 Å². The first-order chi connectivity index (χ1) is 38.5. The monoisotopic (exact) mass is 1180 g/mol. The lowest BCUT2D eigenvalue weighted by molar-refractivity contribution is 0.101. The molecule has 4 amide bonds. The summed E-state index contributed by atoms with van der Waals surface area (Å²) in [4.78, 5) is 73.3. The predicted molar refractivity (Wildman–Crippen MR) is 349 cm³/mol. The van der Waals surface area contributed by atoms with Crippen molar-refractivity contribution in [1.29, 1.82) is 0 Å². The molecule has 15 heteroatoms. The third-order valence-electron chi connectivity index (χ3n) is 14.4. The second kappa shape index (κ2) is 30.9. The topological polar surface area (TPSA) is 108 Å². The number of rotatable bonds is 20. The molecule has 6 aromatic carbocycles. The molecule has 0 spiro atoms. The average Bonchev–Trinajstić information content (AvgIpc) is 3.51. The van der Waals surface area contributed by atoms with Crippen LogP contribution in [0.15, 0.2) is 160 Å². The number of hydrogen-bond acceptors (Lipinski definition) is 10. The van der Waals surface area contributed by atoms with Crippen molar-refractivity contribution in [2.75, 3.05) is 52.4 Å². The number of carbonyl (C=O) groups is 5. The minimum Gasteiger partial charge on any atom is -0.543 e. The van der Waals surface area contributed by atoms with Crippen LogP contribution in [0.4, 0.5) is 19.2 Å². The van der Waals surface area contributed by atoms with Gasteiger partial charge in [-0.1, -0.05) is 75.9 Å². The first kappa shape index (κ1) is 65.8. The van der Waals surface area contributed by atoms with E-state index in [-0.39, 0.29) is 31.8 Å². The minimum atomic E-state index is -2.10. The molecule has 0 aliphatic carbocycles. The summed E-state index contributed by atoms with van der Waals surface area (Å²) < 4.78 is 6.64. The zero-order valence-electron chi connectivity index (χ0n) is 49.9. The fourth-order valence-electron chi connectivity index (χ4n) is 8.26. The zero-order valence-corrected chi connectivity index (χ0v) is 54.2. The van der Waals surface area contributed by atoms with Crippen molar-refractivity contribution in [2.24, 2.45) is 0 Å². The van der Waals surface area contributed by atoms with Gasteiger partial charge in [-0.05, 0) is 257 Å². The number of nitrogens with zero attached hydrogens (tertiary/aromatic N) is 4. The fourth-order valence-corrected chi connectivity index (χ4v) is 12.7. The van der Waals surface area contributed by atoms with Crippen molar-refractivity contribution >= 4 is 87.9 Å². The summed E-state index contributed by atoms with van der Waals surface area (Å²) >= 11 is 4.97. The third-order valence-corrected chi connectivity index (χ3v) is 22.6. The normalized spacial score (nSPS) is 11.2. The molecule has 10 nitrogen and oxygen atoms in total. The first-order valence-electron chi connectivity index (χ1n) is 28.0. The van der Waals surface area contributed by atoms with Crippen molar-refractivity contribution in [2.45, 2.75) is 121 Å². The van der Waals surface area contributed by atoms with Crippen molar-refractivity contribution in [3.05, 3.63) is 151 Å². The molecule has 81 heavy (non-hydrogen) atoms. The maximum atomic E-state index is 12.6. The van der Waals surface area contributed by atoms with Gasteiger partial charge in [0.25, 0.3) is 21.0 Å². The molecule has 6 rings (SSSR count). The molecular weight excluding hydrogens is 1100 g/mol. The van der Waals surface area contributed by atoms with Gasteiger partial charge in [-0.3, -0.25) is 24.0 Å². The molecular formula is C66H82N4O6S4Si. The number of hydrogen-bond donors (Lipinski definition) is 0. The smallest absolute Gasteiger partial charge is 0.286 e. The second-order valence-electron chi connectivity index (χ2n) is 20.7. The van der Waals surface area contributed by atoms with E-state index in [0.717, 1.165) is 69.7 Å². The van der Waals surface area contributed by atoms with Gasteiger partial charge in [0.05, 0.1) is 0 Å². The van der Waals surface area contributed by atoms with Crippen molar-refractivity contribution in [3.63, 3.8) is 0 Å². The maximum Gasteiger partial charge on any atom is 0.286 e. The van der Waals surface area contributed by atoms with Crippen LogP contribution in [0.25, 0.3) is 50.3 Å². The van der Waals surface area contributed by atoms with E-state index in [9.17, 15) is 24.0 Å². The molecule has 0 heterocycles. The van der Waals surface area contributed by atoms with Gasteiger partial charge in [-0.15, -0.1) is 0 Å². The average molecular weight is 1180 g/mol. The van der Waals surface area contributed by atoms with Gasteiger partial charge in [0.2, 0.25) is 8.32 Å². The highest BCUT2D eigenvalue weighted by Gasteiger charge is 2.39. The summed E-state index contributed by atoms with van der Waals surface area (Å²) in [5, 5.41) is 0.249. The Kier molecular flexibility index (Phi) is 25.1. The van der Waals surface area contributed by atoms with Crippen LogP contribution in [0, 0.1) is 0 Å². The number of benzene rings is 6. The predicted octanol–water partition coefficient (Wildman–Crippen LogP) is 19.5. The summed E-state index contributed by atoms with van der Waals surface area (Å²) in [5.74, 6) is 0.672. The highest BCUT2D eigenvalue weighted by Crippen LogP contribution is 2.41. The number of ketones is 1. The van der Waals surface area contributed by atoms with Crippen LogP contribution < -0.4 is 0 Å². The molecule has 0 fully saturated rings. The van der Waals surface area contributed by atoms with E-state index in [1.54, 1.807) is 16.7 Å². The van der Waals surface area contributed by atoms with Gasteiger partial charge in [-0.2, -0.15) is 0 Å². The molecule has 0 atom stereocenters. The van der Waals surface area contributed by atoms with E-state index in [4.69, 9.17) is 4.43 Å². The van der Waals surface area contributed by atoms with Crippen molar-refractivity contribution < 1.29 is 28.4 Å². The number of amides is 4. The fraction of sp³-hybridized carbons (Fsp3) is 0.348. The maximum absolute atomic E-state index is 12.6. The van der Waals surface area contributed by atoms with Gasteiger partial charge in [0, 0.05) is 83.1 Å². The van der Waals surface area contributed by atoms with Crippen LogP contribution in [-0.4, -0.2) is 107 Å². The first-order valence-corrected chi connectivity index (χ1v) is 34.2. The van der Waals surface area contributed by atoms with E-state index in [1.165, 1.54) is 47.0 Å². The molecule has 0 aliphatic heterocycles. The number of carbonyl (C=O) groups excluding carboxylic acids is 5. The van der Waals surface area contributed by atoms with Gasteiger partial charge < -0.3 is 24.0 Å². The lowest BCUT2D eigenvalue weighted by Crippen LogP contribution is -2.40. The van der Waals surface area contributed by atoms with Gasteiger partial charge in [-0.25, -0.2) is 0 Å². The Hall–Kier alpha value is -5.97. The molecule has 0 bridgehead atoms. The van der Waals surface area contributed by atoms with Crippen LogP contribution in [0.2, 0.25) is 18.1 Å². The van der Waals surface area contributed by atoms with E-state index < -0.39 is 8.32 Å². The standard InChI is InChI=1S/C36H48N2O3S2Si.C30H34N2O3S2/c1-11-37(12-2)34(39)42-32-19-15-27(16-20-32)30-23-29(26(5)41-44(9,10)36(6,7)8)24-31(25-30)28-17-21-33(22-18-28)43-35(40)38(13-3)14-4;1-6-31(7-2)29(34)36-27-14-10-22(11-15-27)25-18-24(21(5)33)19-26(20-25)23-12-16-28(17-13-23)37-30(35)32(8-3)9-4/h15-25H,5,11-14H2,1-4,6-10H3;10-20H,6-9H2,1-5H3. The van der Waals surface area contributed by atoms with Crippen LogP contribution >= 0.6 is 47.0 Å². The molecule has 0 unspecified atom stereocenters. The van der Waals surface area contributed by atoms with Crippen molar-refractivity contribution in [3.8, 4) is 44.5 Å². The lowest BCUT2D eigenvalue weighted by Gasteiger charge is -2.37. The van der Waals surface area contributed by atoms with Gasteiger partial charge in [0.15, 0.2) is 5.78 Å².